The van der Waals surface area contributed by atoms with Crippen molar-refractivity contribution >= 4 is 35.1 Å². The summed E-state index contributed by atoms with van der Waals surface area (Å²) in [6, 6.07) is 5.06. The first-order valence-corrected chi connectivity index (χ1v) is 10.6. The number of likely N-dealkylation sites (tertiary alicyclic amines) is 1. The molecule has 3 aliphatic rings. The minimum absolute atomic E-state index is 0.233. The van der Waals surface area contributed by atoms with E-state index in [0.717, 1.165) is 49.4 Å². The van der Waals surface area contributed by atoms with Crippen molar-refractivity contribution in [3.63, 3.8) is 0 Å². The highest BCUT2D eigenvalue weighted by molar-refractivity contribution is 6.09. The summed E-state index contributed by atoms with van der Waals surface area (Å²) in [5.41, 5.74) is 1.64. The van der Waals surface area contributed by atoms with Crippen LogP contribution in [0.1, 0.15) is 48.9 Å². The second-order valence-corrected chi connectivity index (χ2v) is 8.23. The lowest BCUT2D eigenvalue weighted by Gasteiger charge is -2.23. The molecule has 2 saturated heterocycles. The lowest BCUT2D eigenvalue weighted by Crippen LogP contribution is -2.38. The number of fused-ring (bicyclic) bond motifs is 1. The van der Waals surface area contributed by atoms with E-state index in [-0.39, 0.29) is 30.2 Å². The molecule has 2 atom stereocenters. The fourth-order valence-electron chi connectivity index (χ4n) is 4.83. The second-order valence-electron chi connectivity index (χ2n) is 8.23. The van der Waals surface area contributed by atoms with Crippen LogP contribution in [-0.2, 0) is 19.1 Å². The lowest BCUT2D eigenvalue weighted by molar-refractivity contribution is -0.142. The molecule has 30 heavy (non-hydrogen) atoms. The molecule has 2 heterocycles. The number of amides is 3. The molecule has 1 aromatic rings. The van der Waals surface area contributed by atoms with Gasteiger partial charge in [0.25, 0.3) is 0 Å². The molecule has 1 aliphatic carbocycles. The Hall–Kier alpha value is -2.90. The van der Waals surface area contributed by atoms with E-state index in [1.165, 1.54) is 7.11 Å². The Labute approximate surface area is 175 Å². The molecule has 1 saturated carbocycles. The second kappa shape index (κ2) is 8.45. The summed E-state index contributed by atoms with van der Waals surface area (Å²) in [7, 11) is 1.30. The van der Waals surface area contributed by atoms with E-state index < -0.39 is 11.9 Å². The Kier molecular flexibility index (Phi) is 5.74. The molecule has 1 aromatic carbocycles. The molecule has 8 heteroatoms. The molecule has 4 rings (SSSR count). The number of methoxy groups -OCH3 is 1. The highest BCUT2D eigenvalue weighted by Crippen LogP contribution is 2.38. The first kappa shape index (κ1) is 20.4. The number of anilines is 2. The van der Waals surface area contributed by atoms with Gasteiger partial charge in [0.2, 0.25) is 17.7 Å². The lowest BCUT2D eigenvalue weighted by atomic mass is 9.81. The van der Waals surface area contributed by atoms with Crippen LogP contribution < -0.4 is 10.2 Å². The predicted molar refractivity (Wildman–Crippen MR) is 110 cm³/mol. The standard InChI is InChI=1S/C22H27N3O5/c1-30-22(29)14-8-9-18(24-10-4-5-11-24)17(12-14)23-19(26)13-25-20(27)15-6-2-3-7-16(15)21(25)28/h8-9,12,15-16H,2-7,10-11,13H2,1H3,(H,23,26)/t15-,16-/m0/s1. The summed E-state index contributed by atoms with van der Waals surface area (Å²) >= 11 is 0. The van der Waals surface area contributed by atoms with Gasteiger partial charge in [0.1, 0.15) is 6.54 Å². The summed E-state index contributed by atoms with van der Waals surface area (Å²) in [5, 5.41) is 2.82. The van der Waals surface area contributed by atoms with Gasteiger partial charge in [0, 0.05) is 13.1 Å². The molecule has 160 valence electrons. The Morgan fingerprint density at radius 2 is 1.67 bits per heavy atom. The third kappa shape index (κ3) is 3.78. The van der Waals surface area contributed by atoms with Crippen molar-refractivity contribution in [1.29, 1.82) is 0 Å². The van der Waals surface area contributed by atoms with Crippen molar-refractivity contribution in [2.24, 2.45) is 11.8 Å². The summed E-state index contributed by atoms with van der Waals surface area (Å²) < 4.78 is 4.79. The minimum Gasteiger partial charge on any atom is -0.465 e. The van der Waals surface area contributed by atoms with Crippen LogP contribution in [0.2, 0.25) is 0 Å². The molecule has 1 N–H and O–H groups in total. The summed E-state index contributed by atoms with van der Waals surface area (Å²) in [6.45, 7) is 1.44. The van der Waals surface area contributed by atoms with Crippen LogP contribution in [-0.4, -0.2) is 55.3 Å². The SMILES string of the molecule is COC(=O)c1ccc(N2CCCC2)c(NC(=O)CN2C(=O)[C@H]3CCCC[C@@H]3C2=O)c1. The number of nitrogens with one attached hydrogen (secondary N) is 1. The number of carbonyl (C=O) groups is 4. The number of hydrogen-bond donors (Lipinski definition) is 1. The summed E-state index contributed by atoms with van der Waals surface area (Å²) in [5.74, 6) is -1.96. The van der Waals surface area contributed by atoms with E-state index in [1.807, 2.05) is 0 Å². The van der Waals surface area contributed by atoms with Crippen molar-refractivity contribution in [2.75, 3.05) is 37.0 Å². The number of esters is 1. The highest BCUT2D eigenvalue weighted by atomic mass is 16.5. The fourth-order valence-corrected chi connectivity index (χ4v) is 4.83. The van der Waals surface area contributed by atoms with Gasteiger partial charge in [-0.05, 0) is 43.9 Å². The van der Waals surface area contributed by atoms with E-state index in [9.17, 15) is 19.2 Å². The zero-order chi connectivity index (χ0) is 21.3. The normalized spacial score (nSPS) is 23.5. The summed E-state index contributed by atoms with van der Waals surface area (Å²) in [6.07, 6.45) is 5.44. The molecule has 0 radical (unpaired) electrons. The van der Waals surface area contributed by atoms with Crippen LogP contribution in [0.15, 0.2) is 18.2 Å². The van der Waals surface area contributed by atoms with Crippen LogP contribution in [0.4, 0.5) is 11.4 Å². The number of imide groups is 1. The minimum atomic E-state index is -0.493. The topological polar surface area (TPSA) is 96.0 Å². The van der Waals surface area contributed by atoms with Crippen molar-refractivity contribution in [1.82, 2.24) is 4.90 Å². The van der Waals surface area contributed by atoms with E-state index in [2.05, 4.69) is 10.2 Å². The van der Waals surface area contributed by atoms with Crippen molar-refractivity contribution < 1.29 is 23.9 Å². The van der Waals surface area contributed by atoms with Gasteiger partial charge in [-0.3, -0.25) is 19.3 Å². The van der Waals surface area contributed by atoms with Gasteiger partial charge in [-0.2, -0.15) is 0 Å². The van der Waals surface area contributed by atoms with Crippen LogP contribution in [0.3, 0.4) is 0 Å². The van der Waals surface area contributed by atoms with Crippen LogP contribution in [0.25, 0.3) is 0 Å². The average molecular weight is 413 g/mol. The first-order valence-electron chi connectivity index (χ1n) is 10.6. The smallest absolute Gasteiger partial charge is 0.337 e. The molecule has 0 spiro atoms. The third-order valence-corrected chi connectivity index (χ3v) is 6.37. The predicted octanol–water partition coefficient (Wildman–Crippen LogP) is 2.19. The number of benzene rings is 1. The van der Waals surface area contributed by atoms with Gasteiger partial charge in [-0.15, -0.1) is 0 Å². The molecule has 0 bridgehead atoms. The quantitative estimate of drug-likeness (QED) is 0.587. The van der Waals surface area contributed by atoms with Gasteiger partial charge in [0.15, 0.2) is 0 Å². The number of rotatable bonds is 5. The zero-order valence-corrected chi connectivity index (χ0v) is 17.2. The molecule has 0 aromatic heterocycles. The number of nitrogens with zero attached hydrogens (tertiary/aromatic N) is 2. The maximum Gasteiger partial charge on any atom is 0.337 e. The highest BCUT2D eigenvalue weighted by Gasteiger charge is 2.48. The van der Waals surface area contributed by atoms with Crippen molar-refractivity contribution in [3.8, 4) is 0 Å². The monoisotopic (exact) mass is 413 g/mol. The van der Waals surface area contributed by atoms with Gasteiger partial charge >= 0.3 is 5.97 Å². The molecule has 3 amide bonds. The molecule has 3 fully saturated rings. The van der Waals surface area contributed by atoms with E-state index >= 15 is 0 Å². The van der Waals surface area contributed by atoms with Crippen molar-refractivity contribution in [3.05, 3.63) is 23.8 Å². The molecule has 2 aliphatic heterocycles. The summed E-state index contributed by atoms with van der Waals surface area (Å²) in [4.78, 5) is 53.3. The molecule has 8 nitrogen and oxygen atoms in total. The maximum atomic E-state index is 12.8. The Balaban J connectivity index is 1.52. The van der Waals surface area contributed by atoms with Gasteiger partial charge in [-0.1, -0.05) is 12.8 Å². The maximum absolute atomic E-state index is 12.8. The van der Waals surface area contributed by atoms with E-state index in [4.69, 9.17) is 4.74 Å². The Morgan fingerprint density at radius 1 is 1.03 bits per heavy atom. The Morgan fingerprint density at radius 3 is 2.27 bits per heavy atom. The molecular weight excluding hydrogens is 386 g/mol. The zero-order valence-electron chi connectivity index (χ0n) is 17.2. The average Bonchev–Trinajstić information content (AvgIpc) is 3.37. The first-order chi connectivity index (χ1) is 14.5. The van der Waals surface area contributed by atoms with Crippen LogP contribution in [0.5, 0.6) is 0 Å². The third-order valence-electron chi connectivity index (χ3n) is 6.37. The largest absolute Gasteiger partial charge is 0.465 e. The van der Waals surface area contributed by atoms with Gasteiger partial charge < -0.3 is 15.0 Å². The fraction of sp³-hybridized carbons (Fsp3) is 0.545. The van der Waals surface area contributed by atoms with Gasteiger partial charge in [0.05, 0.1) is 35.9 Å². The van der Waals surface area contributed by atoms with Gasteiger partial charge in [-0.25, -0.2) is 4.79 Å². The molecular formula is C22H27N3O5. The van der Waals surface area contributed by atoms with Crippen LogP contribution in [0, 0.1) is 11.8 Å². The van der Waals surface area contributed by atoms with E-state index in [0.29, 0.717) is 24.1 Å². The van der Waals surface area contributed by atoms with Crippen LogP contribution >= 0.6 is 0 Å². The van der Waals surface area contributed by atoms with E-state index in [1.54, 1.807) is 18.2 Å². The van der Waals surface area contributed by atoms with Crippen molar-refractivity contribution in [2.45, 2.75) is 38.5 Å². The number of hydrogen-bond acceptors (Lipinski definition) is 6. The molecule has 0 unspecified atom stereocenters. The Bertz CT molecular complexity index is 854. The number of carbonyl (C=O) groups excluding carboxylic acids is 4. The number of ether oxygens (including phenoxy) is 1.